The van der Waals surface area contributed by atoms with Crippen LogP contribution in [-0.2, 0) is 101 Å². The van der Waals surface area contributed by atoms with Crippen LogP contribution in [0.1, 0.15) is 239 Å². The number of halogens is 4. The zero-order valence-electron chi connectivity index (χ0n) is 73.9. The molecule has 0 spiro atoms. The van der Waals surface area contributed by atoms with E-state index in [1.807, 2.05) is 201 Å². The van der Waals surface area contributed by atoms with Crippen molar-refractivity contribution in [3.63, 3.8) is 0 Å². The minimum atomic E-state index is -0.0465. The summed E-state index contributed by atoms with van der Waals surface area (Å²) in [6, 6.07) is 83.4. The van der Waals surface area contributed by atoms with Gasteiger partial charge in [0, 0.05) is 94.0 Å². The predicted molar refractivity (Wildman–Crippen MR) is 520 cm³/mol. The van der Waals surface area contributed by atoms with Gasteiger partial charge >= 0.3 is 90.0 Å². The van der Waals surface area contributed by atoms with Gasteiger partial charge in [0.2, 0.25) is 0 Å². The molecule has 8 aromatic rings. The molecule has 0 unspecified atom stereocenters. The van der Waals surface area contributed by atoms with Gasteiger partial charge in [-0.15, -0.1) is 77.8 Å². The molecule has 6 fully saturated rings. The van der Waals surface area contributed by atoms with Gasteiger partial charge in [0.25, 0.3) is 0 Å². The largest absolute Gasteiger partial charge is 0 e. The summed E-state index contributed by atoms with van der Waals surface area (Å²) in [6.07, 6.45) is 61.0. The molecule has 8 aromatic carbocycles. The van der Waals surface area contributed by atoms with E-state index in [9.17, 15) is 0 Å². The molecule has 1 radical (unpaired) electrons. The summed E-state index contributed by atoms with van der Waals surface area (Å²) in [6.45, 7) is 3.16. The molecule has 124 heavy (non-hydrogen) atoms. The summed E-state index contributed by atoms with van der Waals surface area (Å²) in [7, 11) is 26.7. The maximum absolute atomic E-state index is 4.79. The molecule has 6 aliphatic carbocycles. The zero-order chi connectivity index (χ0) is 84.9. The predicted octanol–water partition coefficient (Wildman–Crippen LogP) is 26.4. The van der Waals surface area contributed by atoms with Crippen molar-refractivity contribution in [1.29, 1.82) is 0 Å². The van der Waals surface area contributed by atoms with Crippen LogP contribution in [-0.4, -0.2) is 102 Å². The number of hydrazine groups is 8. The molecule has 12 nitrogen and oxygen atoms in total. The number of nitrogens with zero attached hydrogens (tertiary/aromatic N) is 8. The Bertz CT molecular complexity index is 3620. The van der Waals surface area contributed by atoms with Gasteiger partial charge in [-0.05, 0) is 176 Å². The minimum absolute atomic E-state index is 0. The van der Waals surface area contributed by atoms with E-state index >= 15 is 0 Å². The summed E-state index contributed by atoms with van der Waals surface area (Å²) in [4.78, 5) is 0. The van der Waals surface area contributed by atoms with Crippen LogP contribution in [0.15, 0.2) is 237 Å². The van der Waals surface area contributed by atoms with Crippen LogP contribution < -0.4 is 22.1 Å². The van der Waals surface area contributed by atoms with Gasteiger partial charge in [-0.25, -0.2) is 12.1 Å². The maximum Gasteiger partial charge on any atom is 0 e. The molecule has 22 heteroatoms. The summed E-state index contributed by atoms with van der Waals surface area (Å²) in [5, 5.41) is 15.8. The summed E-state index contributed by atoms with van der Waals surface area (Å²) in [5.74, 6) is 0. The van der Waals surface area contributed by atoms with E-state index in [0.717, 1.165) is 71.2 Å². The van der Waals surface area contributed by atoms with Crippen LogP contribution in [0.2, 0.25) is 0 Å². The molecule has 4 N–H and O–H groups in total. The monoisotopic (exact) mass is 2150 g/mol. The first-order valence-electron chi connectivity index (χ1n) is 44.4. The smallest absolute Gasteiger partial charge is 0 e. The van der Waals surface area contributed by atoms with E-state index in [2.05, 4.69) is 194 Å². The Labute approximate surface area is 814 Å². The third kappa shape index (κ3) is 35.8. The Morgan fingerprint density at radius 2 is 0.500 bits per heavy atom. The van der Waals surface area contributed by atoms with E-state index < -0.39 is 0 Å². The molecule has 4 aliphatic heterocycles. The maximum atomic E-state index is 4.79. The molecular formula is C102H140Ag2Cl4N12P2Ru2. The second-order valence-corrected chi connectivity index (χ2v) is 42.3. The molecular weight excluding hydrogens is 2010 g/mol. The summed E-state index contributed by atoms with van der Waals surface area (Å²) >= 11 is 3.46. The number of rotatable bonds is 18. The number of nitrogens with one attached hydrogen (secondary N) is 4. The fourth-order valence-corrected chi connectivity index (χ4v) is 29.6. The molecule has 0 bridgehead atoms. The standard InChI is InChI=1S/2C18H33P.3C16H16N3.C16H15N3.2CH3.2Ag.4ClH.2Ru.H2.H/c2*1-4-10-16(11-5-1)19(17-12-6-2-7-13-17)18-14-8-3-9-15-18;4*1-18-16(15-10-6-3-7-11-15)13-19(17-18)12-14-8-4-2-5-9-14;;;;;;;;;;;;/h2*16-18H,1-15H2;3*2-11,17H,12H2,1H3;2-10,17H,12H2,1H3;2*1H3;;;4*1H;;;1H;/q;;3*-1;-2;2*-1;;+2;;;;;+3;+4;;/p-2. The molecule has 0 amide bonds. The first-order chi connectivity index (χ1) is 59.6. The van der Waals surface area contributed by atoms with Gasteiger partial charge in [-0.1, -0.05) is 232 Å². The van der Waals surface area contributed by atoms with E-state index in [1.54, 1.807) is 210 Å². The first-order valence-corrected chi connectivity index (χ1v) is 56.3. The van der Waals surface area contributed by atoms with Crippen molar-refractivity contribution in [2.24, 2.45) is 0 Å². The molecule has 6 saturated carbocycles. The van der Waals surface area contributed by atoms with Crippen molar-refractivity contribution < 1.29 is 76.0 Å². The summed E-state index contributed by atoms with van der Waals surface area (Å²) < 4.78 is 0. The summed E-state index contributed by atoms with van der Waals surface area (Å²) in [5.41, 5.74) is 34.1. The Hall–Kier alpha value is -4.29. The van der Waals surface area contributed by atoms with E-state index in [0.29, 0.717) is 0 Å². The Kier molecular flexibility index (Phi) is 53.5. The quantitative estimate of drug-likeness (QED) is 0.0376. The fourth-order valence-electron chi connectivity index (χ4n) is 19.2. The number of hydrogen-bond donors (Lipinski definition) is 4. The minimum Gasteiger partial charge on any atom is 0 e. The van der Waals surface area contributed by atoms with Crippen molar-refractivity contribution in [2.75, 3.05) is 28.2 Å². The van der Waals surface area contributed by atoms with Gasteiger partial charge < -0.3 is 54.9 Å². The van der Waals surface area contributed by atoms with Crippen LogP contribution in [0.3, 0.4) is 0 Å². The molecule has 18 rings (SSSR count). The SMILES string of the molecule is C1CCC([PH+](C2CCCCC2)C2CCCCC2)CC1.C1CCC([PH+](C2CCCCC2)C2CCCCC2)CC1.CN1NN(Cc2ccccc2)[C-]=C1c1[c-]cccc1.CN1NN(Cc2ccccc2)[C-]=C1c1ccccc1.CN1NN(Cc2ccccc2)[C-]=C1c1ccccc1.CN1NN(Cc2ccccc2)[C-]=C1c1ccccc1.[Ag].[CH3-].[CH3-].[Cl][Ag][Cl].[Cl][Ru+3].[Cl][RuH+2].[HH]. The van der Waals surface area contributed by atoms with Crippen molar-refractivity contribution in [3.05, 3.63) is 327 Å². The van der Waals surface area contributed by atoms with Crippen molar-refractivity contribution >= 4 is 76.4 Å². The average molecular weight is 2160 g/mol. The van der Waals surface area contributed by atoms with Gasteiger partial charge in [0.05, 0.1) is 34.0 Å². The third-order valence-electron chi connectivity index (χ3n) is 24.7. The van der Waals surface area contributed by atoms with Crippen molar-refractivity contribution in [2.45, 2.75) is 253 Å². The molecule has 0 aromatic heterocycles. The second-order valence-electron chi connectivity index (χ2n) is 33.2. The van der Waals surface area contributed by atoms with Crippen LogP contribution in [0.25, 0.3) is 22.8 Å². The zero-order valence-corrected chi connectivity index (χ0v) is 85.5. The first kappa shape index (κ1) is 107. The van der Waals surface area contributed by atoms with Crippen LogP contribution in [0.4, 0.5) is 0 Å². The Morgan fingerprint density at radius 3 is 0.702 bits per heavy atom. The average Bonchev–Trinajstić information content (AvgIpc) is 1.77. The Balaban J connectivity index is 0.000000227. The third-order valence-corrected chi connectivity index (χ3v) is 33.8. The van der Waals surface area contributed by atoms with Crippen LogP contribution in [0.5, 0.6) is 0 Å². The Morgan fingerprint density at radius 1 is 0.315 bits per heavy atom. The fraction of sp³-hybridized carbons (Fsp3) is 0.431. The van der Waals surface area contributed by atoms with Gasteiger partial charge in [-0.2, -0.15) is 46.2 Å². The van der Waals surface area contributed by atoms with Crippen molar-refractivity contribution in [3.8, 4) is 0 Å². The van der Waals surface area contributed by atoms with Crippen molar-refractivity contribution in [1.82, 2.24) is 62.2 Å². The van der Waals surface area contributed by atoms with E-state index in [4.69, 9.17) is 18.4 Å². The van der Waals surface area contributed by atoms with Crippen LogP contribution >= 0.6 is 53.6 Å². The molecule has 0 atom stereocenters. The van der Waals surface area contributed by atoms with Gasteiger partial charge in [0.1, 0.15) is 0 Å². The van der Waals surface area contributed by atoms with Gasteiger partial charge in [0.15, 0.2) is 0 Å². The van der Waals surface area contributed by atoms with E-state index in [-0.39, 0.29) is 72.1 Å². The molecule has 684 valence electrons. The van der Waals surface area contributed by atoms with Gasteiger partial charge in [-0.3, -0.25) is 5.56 Å². The second kappa shape index (κ2) is 62.1. The normalized spacial score (nSPS) is 18.1. The number of hydrogen-bond acceptors (Lipinski definition) is 12. The topological polar surface area (TPSA) is 74.0 Å². The number of benzene rings is 8. The van der Waals surface area contributed by atoms with Crippen LogP contribution in [0, 0.1) is 45.7 Å². The van der Waals surface area contributed by atoms with E-state index in [1.165, 1.54) is 56.2 Å². The molecule has 10 aliphatic rings. The molecule has 0 saturated heterocycles. The molecule has 4 heterocycles.